The number of hydrogen-bond acceptors (Lipinski definition) is 5. The number of aliphatic carboxylic acids is 1. The van der Waals surface area contributed by atoms with Gasteiger partial charge in [0.2, 0.25) is 5.91 Å². The number of carbonyl (C=O) groups is 3. The molecule has 10 heteroatoms. The molecule has 0 unspecified atom stereocenters. The molecule has 0 atom stereocenters. The summed E-state index contributed by atoms with van der Waals surface area (Å²) in [7, 11) is 0. The summed E-state index contributed by atoms with van der Waals surface area (Å²) in [5.41, 5.74) is 6.20. The summed E-state index contributed by atoms with van der Waals surface area (Å²) in [6.07, 6.45) is 0. The van der Waals surface area contributed by atoms with E-state index in [0.717, 1.165) is 0 Å². The number of benzene rings is 1. The second-order valence-corrected chi connectivity index (χ2v) is 5.85. The first kappa shape index (κ1) is 19.2. The molecule has 6 N–H and O–H groups in total. The molecular weight excluding hydrogens is 340 g/mol. The summed E-state index contributed by atoms with van der Waals surface area (Å²) >= 11 is 0. The van der Waals surface area contributed by atoms with Crippen LogP contribution in [0.1, 0.15) is 10.4 Å². The number of anilines is 1. The van der Waals surface area contributed by atoms with Crippen LogP contribution < -0.4 is 16.4 Å². The van der Waals surface area contributed by atoms with Gasteiger partial charge in [0.25, 0.3) is 5.91 Å². The van der Waals surface area contributed by atoms with E-state index in [1.54, 1.807) is 34.1 Å². The molecule has 1 fully saturated rings. The van der Waals surface area contributed by atoms with E-state index in [2.05, 4.69) is 10.6 Å². The normalized spacial score (nSPS) is 14.5. The molecule has 0 radical (unpaired) electrons. The van der Waals surface area contributed by atoms with Crippen molar-refractivity contribution < 1.29 is 19.5 Å². The minimum absolute atomic E-state index is 0.0345. The van der Waals surface area contributed by atoms with Gasteiger partial charge in [0.15, 0.2) is 5.96 Å². The minimum atomic E-state index is -0.887. The monoisotopic (exact) mass is 362 g/mol. The quantitative estimate of drug-likeness (QED) is 0.320. The second kappa shape index (κ2) is 8.81. The van der Waals surface area contributed by atoms with Gasteiger partial charge in [0, 0.05) is 37.4 Å². The lowest BCUT2D eigenvalue weighted by Gasteiger charge is -2.33. The van der Waals surface area contributed by atoms with Crippen LogP contribution in [-0.2, 0) is 9.59 Å². The fourth-order valence-corrected chi connectivity index (χ4v) is 2.58. The summed E-state index contributed by atoms with van der Waals surface area (Å²) in [4.78, 5) is 38.3. The van der Waals surface area contributed by atoms with E-state index in [1.807, 2.05) is 0 Å². The van der Waals surface area contributed by atoms with E-state index in [0.29, 0.717) is 37.4 Å². The molecule has 0 aromatic heterocycles. The average Bonchev–Trinajstić information content (AvgIpc) is 2.59. The zero-order valence-corrected chi connectivity index (χ0v) is 14.2. The first-order valence-corrected chi connectivity index (χ1v) is 8.06. The third-order valence-corrected chi connectivity index (χ3v) is 3.91. The van der Waals surface area contributed by atoms with Crippen molar-refractivity contribution in [1.29, 1.82) is 5.41 Å². The van der Waals surface area contributed by atoms with Crippen LogP contribution in [0.2, 0.25) is 0 Å². The van der Waals surface area contributed by atoms with Gasteiger partial charge >= 0.3 is 5.97 Å². The van der Waals surface area contributed by atoms with Crippen molar-refractivity contribution in [3.63, 3.8) is 0 Å². The predicted molar refractivity (Wildman–Crippen MR) is 95.0 cm³/mol. The van der Waals surface area contributed by atoms with E-state index >= 15 is 0 Å². The molecule has 2 rings (SSSR count). The Hall–Kier alpha value is -3.14. The highest BCUT2D eigenvalue weighted by Gasteiger charge is 2.22. The van der Waals surface area contributed by atoms with Gasteiger partial charge in [-0.25, -0.2) is 0 Å². The van der Waals surface area contributed by atoms with Gasteiger partial charge in [-0.05, 0) is 24.3 Å². The van der Waals surface area contributed by atoms with Gasteiger partial charge in [0.1, 0.15) is 0 Å². The fraction of sp³-hybridized carbons (Fsp3) is 0.375. The number of hydrogen-bond donors (Lipinski definition) is 5. The highest BCUT2D eigenvalue weighted by molar-refractivity contribution is 5.97. The van der Waals surface area contributed by atoms with Crippen LogP contribution in [0.4, 0.5) is 5.69 Å². The third kappa shape index (κ3) is 5.74. The second-order valence-electron chi connectivity index (χ2n) is 5.85. The largest absolute Gasteiger partial charge is 0.480 e. The van der Waals surface area contributed by atoms with E-state index in [1.165, 1.54) is 0 Å². The fourth-order valence-electron chi connectivity index (χ4n) is 2.58. The molecule has 26 heavy (non-hydrogen) atoms. The molecule has 0 saturated carbocycles. The van der Waals surface area contributed by atoms with E-state index in [4.69, 9.17) is 16.2 Å². The molecule has 1 heterocycles. The van der Waals surface area contributed by atoms with Gasteiger partial charge in [0.05, 0.1) is 13.1 Å². The van der Waals surface area contributed by atoms with Crippen LogP contribution in [0, 0.1) is 5.41 Å². The Labute approximate surface area is 150 Å². The molecule has 1 aromatic carbocycles. The molecule has 10 nitrogen and oxygen atoms in total. The Morgan fingerprint density at radius 1 is 1.12 bits per heavy atom. The summed E-state index contributed by atoms with van der Waals surface area (Å²) in [5.74, 6) is -1.67. The van der Waals surface area contributed by atoms with Crippen LogP contribution in [0.5, 0.6) is 0 Å². The van der Waals surface area contributed by atoms with E-state index in [9.17, 15) is 14.4 Å². The molecule has 1 saturated heterocycles. The first-order valence-electron chi connectivity index (χ1n) is 8.06. The molecule has 0 spiro atoms. The number of nitrogens with one attached hydrogen (secondary N) is 3. The molecule has 1 aliphatic rings. The number of guanidine groups is 1. The van der Waals surface area contributed by atoms with Crippen molar-refractivity contribution in [2.24, 2.45) is 5.73 Å². The molecule has 1 aromatic rings. The van der Waals surface area contributed by atoms with Crippen LogP contribution in [-0.4, -0.2) is 77.9 Å². The average molecular weight is 362 g/mol. The zero-order chi connectivity index (χ0) is 19.1. The maximum Gasteiger partial charge on any atom is 0.317 e. The Balaban J connectivity index is 1.77. The molecule has 0 aliphatic carbocycles. The van der Waals surface area contributed by atoms with Crippen molar-refractivity contribution in [3.8, 4) is 0 Å². The number of piperazine rings is 1. The molecule has 1 aliphatic heterocycles. The van der Waals surface area contributed by atoms with Gasteiger partial charge < -0.3 is 26.4 Å². The van der Waals surface area contributed by atoms with Crippen molar-refractivity contribution in [2.75, 3.05) is 44.6 Å². The lowest BCUT2D eigenvalue weighted by atomic mass is 10.2. The van der Waals surface area contributed by atoms with Crippen molar-refractivity contribution in [3.05, 3.63) is 29.8 Å². The number of nitrogens with two attached hydrogens (primary N) is 1. The smallest absolute Gasteiger partial charge is 0.317 e. The van der Waals surface area contributed by atoms with Gasteiger partial charge in [-0.1, -0.05) is 0 Å². The van der Waals surface area contributed by atoms with Crippen LogP contribution >= 0.6 is 0 Å². The van der Waals surface area contributed by atoms with E-state index < -0.39 is 5.97 Å². The van der Waals surface area contributed by atoms with Crippen LogP contribution in [0.15, 0.2) is 24.3 Å². The number of carboxylic acids is 1. The van der Waals surface area contributed by atoms with Gasteiger partial charge in [-0.2, -0.15) is 0 Å². The SMILES string of the molecule is N=C(N)Nc1ccc(C(=O)NCC(=O)N2CCN(CC(=O)O)CC2)cc1. The van der Waals surface area contributed by atoms with Crippen LogP contribution in [0.25, 0.3) is 0 Å². The zero-order valence-electron chi connectivity index (χ0n) is 14.2. The van der Waals surface area contributed by atoms with Crippen molar-refractivity contribution in [2.45, 2.75) is 0 Å². The van der Waals surface area contributed by atoms with Gasteiger partial charge in [-0.3, -0.25) is 24.7 Å². The number of nitrogens with zero attached hydrogens (tertiary/aromatic N) is 2. The standard InChI is InChI=1S/C16H22N6O4/c17-16(18)20-12-3-1-11(2-4-12)15(26)19-9-13(23)22-7-5-21(6-8-22)10-14(24)25/h1-4H,5-10H2,(H,19,26)(H,24,25)(H4,17,18,20). The van der Waals surface area contributed by atoms with Crippen molar-refractivity contribution in [1.82, 2.24) is 15.1 Å². The van der Waals surface area contributed by atoms with Crippen molar-refractivity contribution >= 4 is 29.4 Å². The number of carbonyl (C=O) groups excluding carboxylic acids is 2. The molecule has 2 amide bonds. The predicted octanol–water partition coefficient (Wildman–Crippen LogP) is -1.05. The Bertz CT molecular complexity index is 682. The topological polar surface area (TPSA) is 152 Å². The summed E-state index contributed by atoms with van der Waals surface area (Å²) < 4.78 is 0. The summed E-state index contributed by atoms with van der Waals surface area (Å²) in [5, 5.41) is 21.1. The maximum absolute atomic E-state index is 12.2. The highest BCUT2D eigenvalue weighted by Crippen LogP contribution is 2.09. The summed E-state index contributed by atoms with van der Waals surface area (Å²) in [6.45, 7) is 1.71. The summed E-state index contributed by atoms with van der Waals surface area (Å²) in [6, 6.07) is 6.35. The molecular formula is C16H22N6O4. The van der Waals surface area contributed by atoms with Crippen LogP contribution in [0.3, 0.4) is 0 Å². The first-order chi connectivity index (χ1) is 12.3. The molecule has 0 bridgehead atoms. The maximum atomic E-state index is 12.2. The minimum Gasteiger partial charge on any atom is -0.480 e. The number of rotatable bonds is 6. The molecule has 140 valence electrons. The Kier molecular flexibility index (Phi) is 6.50. The van der Waals surface area contributed by atoms with E-state index in [-0.39, 0.29) is 30.9 Å². The Morgan fingerprint density at radius 3 is 2.27 bits per heavy atom. The third-order valence-electron chi connectivity index (χ3n) is 3.91. The number of amides is 2. The lowest BCUT2D eigenvalue weighted by molar-refractivity contribution is -0.139. The highest BCUT2D eigenvalue weighted by atomic mass is 16.4. The Morgan fingerprint density at radius 2 is 1.73 bits per heavy atom. The number of carboxylic acid groups (broad SMARTS) is 1. The lowest BCUT2D eigenvalue weighted by Crippen LogP contribution is -2.52. The van der Waals surface area contributed by atoms with Gasteiger partial charge in [-0.15, -0.1) is 0 Å².